The Kier molecular flexibility index (Phi) is 7.20. The number of rotatable bonds is 8. The minimum absolute atomic E-state index is 0.540. The topological polar surface area (TPSA) is 24.5 Å². The Balaban J connectivity index is 1.67. The second-order valence-electron chi connectivity index (χ2n) is 6.27. The molecule has 1 aliphatic rings. The van der Waals surface area contributed by atoms with Crippen LogP contribution in [0.1, 0.15) is 32.3 Å². The zero-order valence-corrected chi connectivity index (χ0v) is 13.6. The summed E-state index contributed by atoms with van der Waals surface area (Å²) in [5.74, 6) is 0. The van der Waals surface area contributed by atoms with Gasteiger partial charge in [0.25, 0.3) is 0 Å². The lowest BCUT2D eigenvalue weighted by atomic mass is 10.1. The molecule has 1 aromatic rings. The van der Waals surface area contributed by atoms with Gasteiger partial charge in [0.2, 0.25) is 0 Å². The number of nitrogens with zero attached hydrogens (tertiary/aromatic N) is 1. The van der Waals surface area contributed by atoms with Crippen LogP contribution in [0.25, 0.3) is 0 Å². The quantitative estimate of drug-likeness (QED) is 0.745. The summed E-state index contributed by atoms with van der Waals surface area (Å²) in [5.41, 5.74) is 1.46. The van der Waals surface area contributed by atoms with E-state index in [0.29, 0.717) is 12.1 Å². The predicted octanol–water partition coefficient (Wildman–Crippen LogP) is 2.71. The Labute approximate surface area is 129 Å². The molecule has 3 heteroatoms. The molecule has 118 valence electrons. The van der Waals surface area contributed by atoms with Gasteiger partial charge in [0.15, 0.2) is 0 Å². The molecule has 21 heavy (non-hydrogen) atoms. The Hall–Kier alpha value is -0.900. The minimum atomic E-state index is 0.540. The van der Waals surface area contributed by atoms with Crippen LogP contribution in [0.2, 0.25) is 0 Å². The van der Waals surface area contributed by atoms with E-state index in [1.807, 2.05) is 0 Å². The largest absolute Gasteiger partial charge is 0.378 e. The first-order valence-electron chi connectivity index (χ1n) is 8.35. The SMILES string of the molecule is CC(C)NCC1COCCN1CCCCc1ccccc1. The van der Waals surface area contributed by atoms with Crippen molar-refractivity contribution in [1.29, 1.82) is 0 Å². The summed E-state index contributed by atoms with van der Waals surface area (Å²) >= 11 is 0. The molecule has 3 nitrogen and oxygen atoms in total. The second-order valence-corrected chi connectivity index (χ2v) is 6.27. The molecule has 0 radical (unpaired) electrons. The number of hydrogen-bond donors (Lipinski definition) is 1. The normalized spacial score (nSPS) is 20.0. The fourth-order valence-corrected chi connectivity index (χ4v) is 2.83. The average molecular weight is 290 g/mol. The van der Waals surface area contributed by atoms with Crippen molar-refractivity contribution in [2.75, 3.05) is 32.8 Å². The zero-order valence-electron chi connectivity index (χ0n) is 13.6. The van der Waals surface area contributed by atoms with E-state index < -0.39 is 0 Å². The smallest absolute Gasteiger partial charge is 0.0634 e. The summed E-state index contributed by atoms with van der Waals surface area (Å²) in [6.45, 7) is 9.48. The van der Waals surface area contributed by atoms with Crippen LogP contribution in [0.5, 0.6) is 0 Å². The van der Waals surface area contributed by atoms with E-state index >= 15 is 0 Å². The van der Waals surface area contributed by atoms with E-state index in [1.54, 1.807) is 0 Å². The molecule has 2 rings (SSSR count). The summed E-state index contributed by atoms with van der Waals surface area (Å²) in [6.07, 6.45) is 3.73. The molecular formula is C18H30N2O. The molecule has 1 fully saturated rings. The van der Waals surface area contributed by atoms with Crippen molar-refractivity contribution in [3.63, 3.8) is 0 Å². The molecule has 1 unspecified atom stereocenters. The van der Waals surface area contributed by atoms with Crippen LogP contribution in [0, 0.1) is 0 Å². The van der Waals surface area contributed by atoms with Crippen LogP contribution >= 0.6 is 0 Å². The summed E-state index contributed by atoms with van der Waals surface area (Å²) in [6, 6.07) is 11.9. The summed E-state index contributed by atoms with van der Waals surface area (Å²) in [5, 5.41) is 3.54. The van der Waals surface area contributed by atoms with Crippen molar-refractivity contribution < 1.29 is 4.74 Å². The van der Waals surface area contributed by atoms with Gasteiger partial charge < -0.3 is 10.1 Å². The van der Waals surface area contributed by atoms with Crippen molar-refractivity contribution in [2.45, 2.75) is 45.2 Å². The van der Waals surface area contributed by atoms with Gasteiger partial charge in [-0.25, -0.2) is 0 Å². The Bertz CT molecular complexity index is 380. The van der Waals surface area contributed by atoms with Crippen LogP contribution in [-0.4, -0.2) is 49.8 Å². The summed E-state index contributed by atoms with van der Waals surface area (Å²) < 4.78 is 5.64. The van der Waals surface area contributed by atoms with Gasteiger partial charge in [0, 0.05) is 25.2 Å². The number of nitrogens with one attached hydrogen (secondary N) is 1. The zero-order chi connectivity index (χ0) is 14.9. The van der Waals surface area contributed by atoms with E-state index in [2.05, 4.69) is 54.4 Å². The van der Waals surface area contributed by atoms with Crippen LogP contribution < -0.4 is 5.32 Å². The lowest BCUT2D eigenvalue weighted by molar-refractivity contribution is -0.00790. The molecule has 1 aliphatic heterocycles. The molecule has 0 amide bonds. The van der Waals surface area contributed by atoms with E-state index in [4.69, 9.17) is 4.74 Å². The van der Waals surface area contributed by atoms with Gasteiger partial charge in [-0.3, -0.25) is 4.90 Å². The van der Waals surface area contributed by atoms with Gasteiger partial charge in [0.05, 0.1) is 13.2 Å². The number of aryl methyl sites for hydroxylation is 1. The Morgan fingerprint density at radius 3 is 2.81 bits per heavy atom. The molecule has 0 spiro atoms. The lowest BCUT2D eigenvalue weighted by Gasteiger charge is -2.36. The van der Waals surface area contributed by atoms with Crippen molar-refractivity contribution in [2.24, 2.45) is 0 Å². The standard InChI is InChI=1S/C18H30N2O/c1-16(2)19-14-18-15-21-13-12-20(18)11-7-6-10-17-8-4-3-5-9-17/h3-5,8-9,16,18-19H,6-7,10-15H2,1-2H3. The van der Waals surface area contributed by atoms with Gasteiger partial charge in [-0.05, 0) is 31.4 Å². The van der Waals surface area contributed by atoms with Crippen molar-refractivity contribution in [3.05, 3.63) is 35.9 Å². The van der Waals surface area contributed by atoms with Crippen LogP contribution in [0.15, 0.2) is 30.3 Å². The molecule has 1 heterocycles. The highest BCUT2D eigenvalue weighted by atomic mass is 16.5. The molecule has 1 N–H and O–H groups in total. The van der Waals surface area contributed by atoms with Gasteiger partial charge in [-0.15, -0.1) is 0 Å². The van der Waals surface area contributed by atoms with Gasteiger partial charge >= 0.3 is 0 Å². The monoisotopic (exact) mass is 290 g/mol. The van der Waals surface area contributed by atoms with E-state index in [-0.39, 0.29) is 0 Å². The fraction of sp³-hybridized carbons (Fsp3) is 0.667. The maximum atomic E-state index is 5.64. The first-order chi connectivity index (χ1) is 10.3. The highest BCUT2D eigenvalue weighted by Gasteiger charge is 2.22. The molecule has 1 atom stereocenters. The third kappa shape index (κ3) is 6.16. The highest BCUT2D eigenvalue weighted by molar-refractivity contribution is 5.14. The maximum absolute atomic E-state index is 5.64. The van der Waals surface area contributed by atoms with Gasteiger partial charge in [0.1, 0.15) is 0 Å². The number of unbranched alkanes of at least 4 members (excludes halogenated alkanes) is 1. The van der Waals surface area contributed by atoms with Crippen molar-refractivity contribution in [3.8, 4) is 0 Å². The maximum Gasteiger partial charge on any atom is 0.0634 e. The minimum Gasteiger partial charge on any atom is -0.378 e. The second kappa shape index (κ2) is 9.19. The van der Waals surface area contributed by atoms with E-state index in [1.165, 1.54) is 31.4 Å². The number of benzene rings is 1. The third-order valence-electron chi connectivity index (χ3n) is 4.11. The first-order valence-corrected chi connectivity index (χ1v) is 8.35. The van der Waals surface area contributed by atoms with Crippen LogP contribution in [-0.2, 0) is 11.2 Å². The van der Waals surface area contributed by atoms with Crippen molar-refractivity contribution in [1.82, 2.24) is 10.2 Å². The van der Waals surface area contributed by atoms with E-state index in [9.17, 15) is 0 Å². The predicted molar refractivity (Wildman–Crippen MR) is 88.7 cm³/mol. The molecule has 1 aromatic carbocycles. The fourth-order valence-electron chi connectivity index (χ4n) is 2.83. The third-order valence-corrected chi connectivity index (χ3v) is 4.11. The number of morpholine rings is 1. The molecule has 0 aromatic heterocycles. The summed E-state index contributed by atoms with van der Waals surface area (Å²) in [4.78, 5) is 2.60. The molecule has 1 saturated heterocycles. The Morgan fingerprint density at radius 2 is 2.05 bits per heavy atom. The summed E-state index contributed by atoms with van der Waals surface area (Å²) in [7, 11) is 0. The Morgan fingerprint density at radius 1 is 1.24 bits per heavy atom. The number of hydrogen-bond acceptors (Lipinski definition) is 3. The van der Waals surface area contributed by atoms with Crippen LogP contribution in [0.4, 0.5) is 0 Å². The molecule has 0 bridgehead atoms. The van der Waals surface area contributed by atoms with Gasteiger partial charge in [-0.1, -0.05) is 44.2 Å². The molecule has 0 aliphatic carbocycles. The lowest BCUT2D eigenvalue weighted by Crippen LogP contribution is -2.51. The number of ether oxygens (including phenoxy) is 1. The van der Waals surface area contributed by atoms with Crippen LogP contribution in [0.3, 0.4) is 0 Å². The van der Waals surface area contributed by atoms with E-state index in [0.717, 1.165) is 26.3 Å². The van der Waals surface area contributed by atoms with Crippen molar-refractivity contribution >= 4 is 0 Å². The average Bonchev–Trinajstić information content (AvgIpc) is 2.51. The highest BCUT2D eigenvalue weighted by Crippen LogP contribution is 2.10. The first kappa shape index (κ1) is 16.5. The molecular weight excluding hydrogens is 260 g/mol. The van der Waals surface area contributed by atoms with Gasteiger partial charge in [-0.2, -0.15) is 0 Å². The molecule has 0 saturated carbocycles.